The number of hydrogen-bond donors (Lipinski definition) is 1. The smallest absolute Gasteiger partial charge is 0.415 e. The van der Waals surface area contributed by atoms with Crippen LogP contribution in [0.1, 0.15) is 50.8 Å². The maximum absolute atomic E-state index is 15.0. The fourth-order valence-electron chi connectivity index (χ4n) is 5.42. The summed E-state index contributed by atoms with van der Waals surface area (Å²) in [4.78, 5) is 27.7. The summed E-state index contributed by atoms with van der Waals surface area (Å²) in [5.41, 5.74) is 1.56. The Hall–Kier alpha value is -2.78. The molecule has 3 fully saturated rings. The normalized spacial score (nSPS) is 24.0. The molecule has 0 aliphatic carbocycles. The van der Waals surface area contributed by atoms with E-state index in [1.807, 2.05) is 19.1 Å². The molecule has 1 aromatic heterocycles. The molecule has 0 radical (unpaired) electrons. The number of piperazine rings is 1. The minimum atomic E-state index is -0.395. The van der Waals surface area contributed by atoms with Crippen molar-refractivity contribution in [1.29, 1.82) is 0 Å². The van der Waals surface area contributed by atoms with E-state index in [2.05, 4.69) is 38.9 Å². The third kappa shape index (κ3) is 5.11. The monoisotopic (exact) mass is 482 g/mol. The Morgan fingerprint density at radius 2 is 2.06 bits per heavy atom. The van der Waals surface area contributed by atoms with Gasteiger partial charge in [-0.25, -0.2) is 14.2 Å². The number of halogens is 1. The standard InChI is InChI=1S/C26H35FN6O2/c1-17(2)23-16-35-26(34)33(23)24-8-9-28-25(30-24)29-18(3)19-6-7-20(22(27)13-19)14-31-11-12-32-10-4-5-21(32)15-31/h6-9,13,17-18,21,23H,4-5,10-12,14-16H2,1-3H3,(H,28,29,30)/t18-,21?,23+/m0/s1. The zero-order valence-electron chi connectivity index (χ0n) is 20.8. The zero-order valence-corrected chi connectivity index (χ0v) is 20.8. The summed E-state index contributed by atoms with van der Waals surface area (Å²) in [5.74, 6) is 0.936. The fourth-order valence-corrected chi connectivity index (χ4v) is 5.42. The van der Waals surface area contributed by atoms with Crippen LogP contribution >= 0.6 is 0 Å². The molecule has 3 aliphatic rings. The zero-order chi connectivity index (χ0) is 24.5. The van der Waals surface area contributed by atoms with Crippen molar-refractivity contribution in [3.8, 4) is 0 Å². The summed E-state index contributed by atoms with van der Waals surface area (Å²) in [6, 6.07) is 7.53. The quantitative estimate of drug-likeness (QED) is 0.638. The lowest BCUT2D eigenvalue weighted by molar-refractivity contribution is 0.0985. The molecule has 1 aromatic carbocycles. The maximum atomic E-state index is 15.0. The van der Waals surface area contributed by atoms with E-state index in [1.165, 1.54) is 19.4 Å². The van der Waals surface area contributed by atoms with Gasteiger partial charge in [0.05, 0.1) is 12.1 Å². The topological polar surface area (TPSA) is 73.8 Å². The van der Waals surface area contributed by atoms with E-state index < -0.39 is 6.09 Å². The number of aromatic nitrogens is 2. The van der Waals surface area contributed by atoms with Crippen LogP contribution < -0.4 is 10.2 Å². The highest BCUT2D eigenvalue weighted by atomic mass is 19.1. The van der Waals surface area contributed by atoms with Gasteiger partial charge >= 0.3 is 6.09 Å². The Morgan fingerprint density at radius 3 is 2.86 bits per heavy atom. The van der Waals surface area contributed by atoms with E-state index in [0.29, 0.717) is 31.0 Å². The number of hydrogen-bond acceptors (Lipinski definition) is 7. The van der Waals surface area contributed by atoms with Crippen molar-refractivity contribution < 1.29 is 13.9 Å². The molecule has 4 heterocycles. The van der Waals surface area contributed by atoms with E-state index in [9.17, 15) is 4.79 Å². The molecule has 0 saturated carbocycles. The first-order valence-electron chi connectivity index (χ1n) is 12.7. The molecular weight excluding hydrogens is 447 g/mol. The highest BCUT2D eigenvalue weighted by Crippen LogP contribution is 2.28. The number of benzene rings is 1. The van der Waals surface area contributed by atoms with Gasteiger partial charge in [-0.3, -0.25) is 14.7 Å². The van der Waals surface area contributed by atoms with Crippen molar-refractivity contribution in [1.82, 2.24) is 19.8 Å². The molecule has 1 unspecified atom stereocenters. The number of rotatable bonds is 7. The lowest BCUT2D eigenvalue weighted by Crippen LogP contribution is -2.49. The van der Waals surface area contributed by atoms with Crippen molar-refractivity contribution in [3.05, 3.63) is 47.4 Å². The number of nitrogens with zero attached hydrogens (tertiary/aromatic N) is 5. The Morgan fingerprint density at radius 1 is 1.20 bits per heavy atom. The van der Waals surface area contributed by atoms with E-state index in [-0.39, 0.29) is 23.8 Å². The minimum Gasteiger partial charge on any atom is -0.447 e. The predicted molar refractivity (Wildman–Crippen MR) is 133 cm³/mol. The van der Waals surface area contributed by atoms with Crippen LogP contribution in [0.3, 0.4) is 0 Å². The van der Waals surface area contributed by atoms with Crippen molar-refractivity contribution in [3.63, 3.8) is 0 Å². The summed E-state index contributed by atoms with van der Waals surface area (Å²) in [5, 5.41) is 3.25. The van der Waals surface area contributed by atoms with Crippen LogP contribution in [0.5, 0.6) is 0 Å². The summed E-state index contributed by atoms with van der Waals surface area (Å²) < 4.78 is 20.3. The van der Waals surface area contributed by atoms with Crippen LogP contribution in [-0.4, -0.2) is 70.7 Å². The maximum Gasteiger partial charge on any atom is 0.415 e. The average Bonchev–Trinajstić information content (AvgIpc) is 3.46. The average molecular weight is 483 g/mol. The van der Waals surface area contributed by atoms with Crippen LogP contribution in [-0.2, 0) is 11.3 Å². The van der Waals surface area contributed by atoms with Gasteiger partial charge in [0.1, 0.15) is 18.2 Å². The first kappa shape index (κ1) is 23.9. The van der Waals surface area contributed by atoms with Gasteiger partial charge in [-0.2, -0.15) is 4.98 Å². The van der Waals surface area contributed by atoms with E-state index in [0.717, 1.165) is 30.8 Å². The van der Waals surface area contributed by atoms with Crippen molar-refractivity contribution in [2.45, 2.75) is 58.3 Å². The third-order valence-electron chi connectivity index (χ3n) is 7.55. The van der Waals surface area contributed by atoms with E-state index in [4.69, 9.17) is 4.74 Å². The number of nitrogens with one attached hydrogen (secondary N) is 1. The summed E-state index contributed by atoms with van der Waals surface area (Å²) in [6.45, 7) is 11.3. The van der Waals surface area contributed by atoms with Gasteiger partial charge in [-0.1, -0.05) is 26.0 Å². The molecule has 5 rings (SSSR count). The lowest BCUT2D eigenvalue weighted by atomic mass is 10.0. The molecule has 9 heteroatoms. The molecule has 2 aromatic rings. The first-order chi connectivity index (χ1) is 16.9. The van der Waals surface area contributed by atoms with Crippen molar-refractivity contribution >= 4 is 17.9 Å². The number of anilines is 2. The van der Waals surface area contributed by atoms with Crippen LogP contribution in [0.2, 0.25) is 0 Å². The van der Waals surface area contributed by atoms with Crippen LogP contribution in [0.15, 0.2) is 30.5 Å². The summed E-state index contributed by atoms with van der Waals surface area (Å²) >= 11 is 0. The number of carbonyl (C=O) groups is 1. The Kier molecular flexibility index (Phi) is 6.88. The Labute approximate surface area is 206 Å². The largest absolute Gasteiger partial charge is 0.447 e. The number of carbonyl (C=O) groups excluding carboxylic acids is 1. The highest BCUT2D eigenvalue weighted by Gasteiger charge is 2.37. The highest BCUT2D eigenvalue weighted by molar-refractivity contribution is 5.89. The van der Waals surface area contributed by atoms with Gasteiger partial charge in [-0.15, -0.1) is 0 Å². The first-order valence-corrected chi connectivity index (χ1v) is 12.7. The van der Waals surface area contributed by atoms with E-state index in [1.54, 1.807) is 23.2 Å². The number of cyclic esters (lactones) is 1. The molecule has 1 N–H and O–H groups in total. The Balaban J connectivity index is 1.24. The number of fused-ring (bicyclic) bond motifs is 1. The predicted octanol–water partition coefficient (Wildman–Crippen LogP) is 4.05. The van der Waals surface area contributed by atoms with Gasteiger partial charge in [0, 0.05) is 44.0 Å². The fraction of sp³-hybridized carbons (Fsp3) is 0.577. The van der Waals surface area contributed by atoms with Gasteiger partial charge in [0.25, 0.3) is 0 Å². The van der Waals surface area contributed by atoms with Gasteiger partial charge < -0.3 is 10.1 Å². The minimum absolute atomic E-state index is 0.0686. The second-order valence-corrected chi connectivity index (χ2v) is 10.3. The van der Waals surface area contributed by atoms with Gasteiger partial charge in [0.2, 0.25) is 5.95 Å². The van der Waals surface area contributed by atoms with Crippen molar-refractivity contribution in [2.24, 2.45) is 5.92 Å². The summed E-state index contributed by atoms with van der Waals surface area (Å²) in [6.07, 6.45) is 3.75. The van der Waals surface area contributed by atoms with Crippen LogP contribution in [0, 0.1) is 11.7 Å². The van der Waals surface area contributed by atoms with Crippen LogP contribution in [0.25, 0.3) is 0 Å². The molecule has 3 atom stereocenters. The molecule has 3 aliphatic heterocycles. The number of ether oxygens (including phenoxy) is 1. The molecule has 8 nitrogen and oxygen atoms in total. The van der Waals surface area contributed by atoms with Crippen molar-refractivity contribution in [2.75, 3.05) is 43.0 Å². The third-order valence-corrected chi connectivity index (χ3v) is 7.55. The molecular formula is C26H35FN6O2. The van der Waals surface area contributed by atoms with E-state index >= 15 is 4.39 Å². The molecule has 1 amide bonds. The lowest BCUT2D eigenvalue weighted by Gasteiger charge is -2.37. The molecule has 0 spiro atoms. The molecule has 0 bridgehead atoms. The SMILES string of the molecule is CC(C)[C@H]1COC(=O)N1c1ccnc(N[C@@H](C)c2ccc(CN3CCN4CCCC4C3)c(F)c2)n1. The molecule has 3 saturated heterocycles. The molecule has 188 valence electrons. The summed E-state index contributed by atoms with van der Waals surface area (Å²) in [7, 11) is 0. The Bertz CT molecular complexity index is 1070. The van der Waals surface area contributed by atoms with Gasteiger partial charge in [0.15, 0.2) is 0 Å². The second kappa shape index (κ2) is 10.1. The van der Waals surface area contributed by atoms with Gasteiger partial charge in [-0.05, 0) is 49.9 Å². The number of amides is 1. The molecule has 35 heavy (non-hydrogen) atoms. The second-order valence-electron chi connectivity index (χ2n) is 10.3. The van der Waals surface area contributed by atoms with Crippen LogP contribution in [0.4, 0.5) is 21.0 Å².